The van der Waals surface area contributed by atoms with Crippen molar-refractivity contribution in [2.75, 3.05) is 18.1 Å². The summed E-state index contributed by atoms with van der Waals surface area (Å²) in [5.74, 6) is 0.246. The summed E-state index contributed by atoms with van der Waals surface area (Å²) in [5, 5.41) is 0.925. The normalized spacial score (nSPS) is 17.6. The fourth-order valence-corrected chi connectivity index (χ4v) is 3.11. The molecule has 3 rings (SSSR count). The summed E-state index contributed by atoms with van der Waals surface area (Å²) in [4.78, 5) is 34.4. The van der Waals surface area contributed by atoms with E-state index in [2.05, 4.69) is 9.97 Å². The molecule has 0 N–H and O–H groups in total. The third kappa shape index (κ3) is 3.42. The molecule has 23 heavy (non-hydrogen) atoms. The van der Waals surface area contributed by atoms with Crippen LogP contribution in [0.1, 0.15) is 24.8 Å². The maximum absolute atomic E-state index is 12.0. The second kappa shape index (κ2) is 6.49. The molecule has 1 aliphatic heterocycles. The number of aryl methyl sites for hydroxylation is 1. The maximum Gasteiger partial charge on any atom is 0.416 e. The first-order valence-corrected chi connectivity index (χ1v) is 8.26. The van der Waals surface area contributed by atoms with Crippen molar-refractivity contribution in [2.24, 2.45) is 0 Å². The Morgan fingerprint density at radius 3 is 3.09 bits per heavy atom. The number of hydrogen-bond acceptors (Lipinski definition) is 7. The van der Waals surface area contributed by atoms with Crippen LogP contribution in [-0.4, -0.2) is 41.3 Å². The van der Waals surface area contributed by atoms with E-state index < -0.39 is 12.2 Å². The van der Waals surface area contributed by atoms with E-state index in [-0.39, 0.29) is 12.6 Å². The Hall–Kier alpha value is -2.22. The van der Waals surface area contributed by atoms with E-state index >= 15 is 0 Å². The average Bonchev–Trinajstić information content (AvgIpc) is 3.06. The minimum Gasteiger partial charge on any atom is -0.462 e. The molecule has 7 nitrogen and oxygen atoms in total. The summed E-state index contributed by atoms with van der Waals surface area (Å²) in [6.45, 7) is 4.20. The largest absolute Gasteiger partial charge is 0.462 e. The summed E-state index contributed by atoms with van der Waals surface area (Å²) in [6, 6.07) is 3.58. The van der Waals surface area contributed by atoms with Crippen LogP contribution in [0, 0.1) is 6.92 Å². The van der Waals surface area contributed by atoms with Gasteiger partial charge in [0.05, 0.1) is 11.6 Å². The predicted octanol–water partition coefficient (Wildman–Crippen LogP) is 2.67. The van der Waals surface area contributed by atoms with Crippen molar-refractivity contribution in [3.05, 3.63) is 17.1 Å². The van der Waals surface area contributed by atoms with Crippen molar-refractivity contribution < 1.29 is 19.1 Å². The zero-order chi connectivity index (χ0) is 16.4. The highest BCUT2D eigenvalue weighted by Gasteiger charge is 2.34. The van der Waals surface area contributed by atoms with Crippen molar-refractivity contribution in [1.29, 1.82) is 0 Å². The van der Waals surface area contributed by atoms with Crippen molar-refractivity contribution >= 4 is 39.6 Å². The third-order valence-electron chi connectivity index (χ3n) is 3.38. The van der Waals surface area contributed by atoms with Gasteiger partial charge in [-0.2, -0.15) is 0 Å². The number of pyridine rings is 1. The Morgan fingerprint density at radius 1 is 1.48 bits per heavy atom. The number of anilines is 1. The quantitative estimate of drug-likeness (QED) is 0.781. The van der Waals surface area contributed by atoms with E-state index in [9.17, 15) is 9.59 Å². The van der Waals surface area contributed by atoms with Crippen LogP contribution in [0.2, 0.25) is 0 Å². The Kier molecular flexibility index (Phi) is 4.42. The molecule has 1 fully saturated rings. The maximum atomic E-state index is 12.0. The van der Waals surface area contributed by atoms with Crippen LogP contribution in [0.4, 0.5) is 10.6 Å². The lowest BCUT2D eigenvalue weighted by molar-refractivity contribution is -0.146. The average molecular weight is 335 g/mol. The van der Waals surface area contributed by atoms with Crippen molar-refractivity contribution in [2.45, 2.75) is 32.8 Å². The van der Waals surface area contributed by atoms with Crippen LogP contribution in [0.25, 0.3) is 10.3 Å². The number of aromatic nitrogens is 2. The number of carbonyl (C=O) groups is 2. The van der Waals surface area contributed by atoms with Crippen LogP contribution in [0.3, 0.4) is 0 Å². The van der Waals surface area contributed by atoms with Gasteiger partial charge in [-0.15, -0.1) is 0 Å². The fraction of sp³-hybridized carbons (Fsp3) is 0.467. The van der Waals surface area contributed by atoms with Crippen molar-refractivity contribution in [3.8, 4) is 0 Å². The van der Waals surface area contributed by atoms with Gasteiger partial charge in [0.1, 0.15) is 22.8 Å². The molecule has 8 heteroatoms. The molecule has 0 aliphatic carbocycles. The Bertz CT molecular complexity index is 745. The van der Waals surface area contributed by atoms with E-state index in [4.69, 9.17) is 9.47 Å². The van der Waals surface area contributed by atoms with Gasteiger partial charge in [-0.3, -0.25) is 9.69 Å². The molecule has 2 aromatic heterocycles. The first kappa shape index (κ1) is 15.7. The minimum absolute atomic E-state index is 0.0724. The number of fused-ring (bicyclic) bond motifs is 1. The third-order valence-corrected chi connectivity index (χ3v) is 4.26. The van der Waals surface area contributed by atoms with E-state index in [0.29, 0.717) is 18.8 Å². The molecule has 0 bridgehead atoms. The zero-order valence-electron chi connectivity index (χ0n) is 12.9. The lowest BCUT2D eigenvalue weighted by atomic mass is 10.3. The first-order chi connectivity index (χ1) is 11.1. The molecule has 0 spiro atoms. The van der Waals surface area contributed by atoms with Crippen LogP contribution in [0.15, 0.2) is 12.1 Å². The zero-order valence-corrected chi connectivity index (χ0v) is 13.8. The summed E-state index contributed by atoms with van der Waals surface area (Å²) < 4.78 is 10.3. The molecule has 2 aromatic rings. The molecule has 0 radical (unpaired) electrons. The molecule has 0 unspecified atom stereocenters. The number of nitrogens with zero attached hydrogens (tertiary/aromatic N) is 3. The van der Waals surface area contributed by atoms with E-state index in [0.717, 1.165) is 21.8 Å². The highest BCUT2D eigenvalue weighted by atomic mass is 32.1. The molecule has 1 amide bonds. The Morgan fingerprint density at radius 2 is 2.30 bits per heavy atom. The number of ether oxygens (including phenoxy) is 2. The van der Waals surface area contributed by atoms with Crippen LogP contribution in [-0.2, 0) is 14.3 Å². The predicted molar refractivity (Wildman–Crippen MR) is 85.6 cm³/mol. The summed E-state index contributed by atoms with van der Waals surface area (Å²) in [5.41, 5.74) is 0.814. The second-order valence-electron chi connectivity index (χ2n) is 5.28. The molecule has 1 atom stereocenters. The smallest absolute Gasteiger partial charge is 0.416 e. The molecule has 3 heterocycles. The van der Waals surface area contributed by atoms with E-state index in [1.54, 1.807) is 6.07 Å². The van der Waals surface area contributed by atoms with Crippen molar-refractivity contribution in [1.82, 2.24) is 9.97 Å². The van der Waals surface area contributed by atoms with Gasteiger partial charge in [0.15, 0.2) is 6.10 Å². The number of carbonyl (C=O) groups excluding carboxylic acids is 2. The SMILES string of the molecule is CCCC(=O)OC[C@H]1CN(c2ccc3nc(C)sc3n2)C(=O)O1. The van der Waals surface area contributed by atoms with Gasteiger partial charge in [-0.25, -0.2) is 14.8 Å². The van der Waals surface area contributed by atoms with E-state index in [1.807, 2.05) is 19.9 Å². The Balaban J connectivity index is 1.67. The van der Waals surface area contributed by atoms with Gasteiger partial charge in [-0.1, -0.05) is 18.3 Å². The van der Waals surface area contributed by atoms with E-state index in [1.165, 1.54) is 16.2 Å². The topological polar surface area (TPSA) is 81.6 Å². The number of thiazole rings is 1. The molecule has 1 aliphatic rings. The van der Waals surface area contributed by atoms with Gasteiger partial charge in [0.2, 0.25) is 0 Å². The molecular weight excluding hydrogens is 318 g/mol. The molecule has 0 saturated carbocycles. The molecular formula is C15H17N3O4S. The summed E-state index contributed by atoms with van der Waals surface area (Å²) >= 11 is 1.48. The monoisotopic (exact) mass is 335 g/mol. The van der Waals surface area contributed by atoms with Crippen molar-refractivity contribution in [3.63, 3.8) is 0 Å². The van der Waals surface area contributed by atoms with Gasteiger partial charge < -0.3 is 9.47 Å². The Labute approximate surface area is 137 Å². The van der Waals surface area contributed by atoms with Gasteiger partial charge in [0.25, 0.3) is 0 Å². The number of hydrogen-bond donors (Lipinski definition) is 0. The highest BCUT2D eigenvalue weighted by Crippen LogP contribution is 2.25. The van der Waals surface area contributed by atoms with Gasteiger partial charge in [-0.05, 0) is 25.5 Å². The van der Waals surface area contributed by atoms with Crippen LogP contribution in [0.5, 0.6) is 0 Å². The number of esters is 1. The molecule has 0 aromatic carbocycles. The lowest BCUT2D eigenvalue weighted by Crippen LogP contribution is -2.27. The molecule has 122 valence electrons. The lowest BCUT2D eigenvalue weighted by Gasteiger charge is -2.11. The standard InChI is InChI=1S/C15H17N3O4S/c1-3-4-13(19)21-8-10-7-18(15(20)22-10)12-6-5-11-14(17-12)23-9(2)16-11/h5-6,10H,3-4,7-8H2,1-2H3/t10-/m1/s1. The second-order valence-corrected chi connectivity index (χ2v) is 6.46. The highest BCUT2D eigenvalue weighted by molar-refractivity contribution is 7.18. The van der Waals surface area contributed by atoms with Crippen LogP contribution >= 0.6 is 11.3 Å². The summed E-state index contributed by atoms with van der Waals surface area (Å²) in [6.07, 6.45) is 0.152. The number of amides is 1. The first-order valence-electron chi connectivity index (χ1n) is 7.44. The molecule has 1 saturated heterocycles. The fourth-order valence-electron chi connectivity index (χ4n) is 2.32. The van der Waals surface area contributed by atoms with Gasteiger partial charge >= 0.3 is 12.1 Å². The number of rotatable bonds is 5. The summed E-state index contributed by atoms with van der Waals surface area (Å²) in [7, 11) is 0. The minimum atomic E-state index is -0.477. The van der Waals surface area contributed by atoms with Gasteiger partial charge in [0, 0.05) is 6.42 Å². The number of cyclic esters (lactones) is 1. The van der Waals surface area contributed by atoms with Crippen LogP contribution < -0.4 is 4.90 Å².